The number of hydrogen-bond donors (Lipinski definition) is 1. The summed E-state index contributed by atoms with van der Waals surface area (Å²) in [7, 11) is 0. The van der Waals surface area contributed by atoms with E-state index < -0.39 is 0 Å². The highest BCUT2D eigenvalue weighted by Gasteiger charge is 2.24. The summed E-state index contributed by atoms with van der Waals surface area (Å²) < 4.78 is 0. The van der Waals surface area contributed by atoms with Crippen LogP contribution in [-0.4, -0.2) is 12.5 Å². The SMILES string of the molecule is CCc1ccccc1N1C(=O)CCNc2ccccc21. The minimum atomic E-state index is 0.142. The zero-order valence-electron chi connectivity index (χ0n) is 11.6. The van der Waals surface area contributed by atoms with E-state index in [1.807, 2.05) is 47.4 Å². The van der Waals surface area contributed by atoms with Crippen LogP contribution in [0.4, 0.5) is 17.1 Å². The van der Waals surface area contributed by atoms with Crippen molar-refractivity contribution in [3.63, 3.8) is 0 Å². The molecule has 1 heterocycles. The number of hydrogen-bond acceptors (Lipinski definition) is 2. The van der Waals surface area contributed by atoms with Gasteiger partial charge in [-0.05, 0) is 30.2 Å². The van der Waals surface area contributed by atoms with Gasteiger partial charge in [-0.3, -0.25) is 9.69 Å². The molecule has 0 saturated heterocycles. The molecule has 0 saturated carbocycles. The summed E-state index contributed by atoms with van der Waals surface area (Å²) in [6.45, 7) is 2.80. The summed E-state index contributed by atoms with van der Waals surface area (Å²) in [6.07, 6.45) is 1.42. The van der Waals surface area contributed by atoms with E-state index in [-0.39, 0.29) is 5.91 Å². The van der Waals surface area contributed by atoms with Crippen molar-refractivity contribution >= 4 is 23.0 Å². The summed E-state index contributed by atoms with van der Waals surface area (Å²) in [4.78, 5) is 14.4. The number of anilines is 3. The summed E-state index contributed by atoms with van der Waals surface area (Å²) in [5, 5.41) is 3.33. The van der Waals surface area contributed by atoms with E-state index in [1.165, 1.54) is 5.56 Å². The number of nitrogens with one attached hydrogen (secondary N) is 1. The molecular formula is C17H18N2O. The average Bonchev–Trinajstić information content (AvgIpc) is 2.65. The van der Waals surface area contributed by atoms with Crippen molar-refractivity contribution in [3.05, 3.63) is 54.1 Å². The number of rotatable bonds is 2. The van der Waals surface area contributed by atoms with Gasteiger partial charge in [0.15, 0.2) is 0 Å². The van der Waals surface area contributed by atoms with E-state index in [0.29, 0.717) is 13.0 Å². The second kappa shape index (κ2) is 5.37. The van der Waals surface area contributed by atoms with Gasteiger partial charge in [-0.1, -0.05) is 37.3 Å². The van der Waals surface area contributed by atoms with Crippen LogP contribution in [0.5, 0.6) is 0 Å². The highest BCUT2D eigenvalue weighted by molar-refractivity contribution is 6.05. The van der Waals surface area contributed by atoms with Gasteiger partial charge in [0, 0.05) is 13.0 Å². The Balaban J connectivity index is 2.17. The van der Waals surface area contributed by atoms with Crippen molar-refractivity contribution in [2.24, 2.45) is 0 Å². The fourth-order valence-electron chi connectivity index (χ4n) is 2.66. The van der Waals surface area contributed by atoms with E-state index in [9.17, 15) is 4.79 Å². The van der Waals surface area contributed by atoms with Crippen molar-refractivity contribution in [3.8, 4) is 0 Å². The van der Waals surface area contributed by atoms with Crippen LogP contribution in [0.15, 0.2) is 48.5 Å². The molecule has 0 radical (unpaired) electrons. The molecular weight excluding hydrogens is 248 g/mol. The Morgan fingerprint density at radius 1 is 1.05 bits per heavy atom. The predicted octanol–water partition coefficient (Wildman–Crippen LogP) is 3.73. The highest BCUT2D eigenvalue weighted by Crippen LogP contribution is 2.36. The Morgan fingerprint density at radius 2 is 1.75 bits per heavy atom. The fourth-order valence-corrected chi connectivity index (χ4v) is 2.66. The maximum Gasteiger partial charge on any atom is 0.233 e. The zero-order valence-corrected chi connectivity index (χ0v) is 11.6. The average molecular weight is 266 g/mol. The number of benzene rings is 2. The first-order chi connectivity index (χ1) is 9.81. The van der Waals surface area contributed by atoms with Crippen molar-refractivity contribution in [1.82, 2.24) is 0 Å². The molecule has 3 heteroatoms. The van der Waals surface area contributed by atoms with Crippen LogP contribution in [0.2, 0.25) is 0 Å². The van der Waals surface area contributed by atoms with Gasteiger partial charge in [0.25, 0.3) is 0 Å². The molecule has 2 aromatic rings. The Bertz CT molecular complexity index is 636. The van der Waals surface area contributed by atoms with Gasteiger partial charge in [0.2, 0.25) is 5.91 Å². The molecule has 0 atom stereocenters. The number of para-hydroxylation sites is 3. The van der Waals surface area contributed by atoms with Gasteiger partial charge in [0.05, 0.1) is 17.1 Å². The van der Waals surface area contributed by atoms with Crippen LogP contribution in [0, 0.1) is 0 Å². The lowest BCUT2D eigenvalue weighted by atomic mass is 10.1. The van der Waals surface area contributed by atoms with E-state index >= 15 is 0 Å². The van der Waals surface area contributed by atoms with Gasteiger partial charge in [-0.15, -0.1) is 0 Å². The first-order valence-corrected chi connectivity index (χ1v) is 7.05. The third-order valence-corrected chi connectivity index (χ3v) is 3.66. The Hall–Kier alpha value is -2.29. The topological polar surface area (TPSA) is 32.3 Å². The lowest BCUT2D eigenvalue weighted by Gasteiger charge is -2.25. The first kappa shape index (κ1) is 12.7. The number of aryl methyl sites for hydroxylation is 1. The smallest absolute Gasteiger partial charge is 0.233 e. The van der Waals surface area contributed by atoms with Crippen molar-refractivity contribution in [1.29, 1.82) is 0 Å². The molecule has 3 nitrogen and oxygen atoms in total. The molecule has 1 aliphatic rings. The zero-order chi connectivity index (χ0) is 13.9. The molecule has 1 amide bonds. The fraction of sp³-hybridized carbons (Fsp3) is 0.235. The van der Waals surface area contributed by atoms with Crippen molar-refractivity contribution in [2.75, 3.05) is 16.8 Å². The Morgan fingerprint density at radius 3 is 2.55 bits per heavy atom. The molecule has 3 rings (SSSR count). The Labute approximate surface area is 119 Å². The van der Waals surface area contributed by atoms with Gasteiger partial charge < -0.3 is 5.32 Å². The quantitative estimate of drug-likeness (QED) is 0.898. The van der Waals surface area contributed by atoms with Gasteiger partial charge in [0.1, 0.15) is 0 Å². The van der Waals surface area contributed by atoms with Crippen LogP contribution in [-0.2, 0) is 11.2 Å². The molecule has 0 unspecified atom stereocenters. The van der Waals surface area contributed by atoms with E-state index in [2.05, 4.69) is 18.3 Å². The second-order valence-corrected chi connectivity index (χ2v) is 4.91. The molecule has 0 spiro atoms. The van der Waals surface area contributed by atoms with Crippen LogP contribution < -0.4 is 10.2 Å². The highest BCUT2D eigenvalue weighted by atomic mass is 16.2. The van der Waals surface area contributed by atoms with E-state index in [0.717, 1.165) is 23.5 Å². The maximum absolute atomic E-state index is 12.5. The molecule has 20 heavy (non-hydrogen) atoms. The largest absolute Gasteiger partial charge is 0.383 e. The van der Waals surface area contributed by atoms with Gasteiger partial charge in [-0.2, -0.15) is 0 Å². The Kier molecular flexibility index (Phi) is 3.42. The predicted molar refractivity (Wildman–Crippen MR) is 82.5 cm³/mol. The second-order valence-electron chi connectivity index (χ2n) is 4.91. The number of fused-ring (bicyclic) bond motifs is 1. The van der Waals surface area contributed by atoms with E-state index in [4.69, 9.17) is 0 Å². The summed E-state index contributed by atoms with van der Waals surface area (Å²) in [6, 6.07) is 16.1. The molecule has 0 fully saturated rings. The van der Waals surface area contributed by atoms with Crippen molar-refractivity contribution in [2.45, 2.75) is 19.8 Å². The third kappa shape index (κ3) is 2.16. The molecule has 2 aromatic carbocycles. The normalized spacial score (nSPS) is 14.4. The van der Waals surface area contributed by atoms with Crippen LogP contribution in [0.3, 0.4) is 0 Å². The number of nitrogens with zero attached hydrogens (tertiary/aromatic N) is 1. The minimum Gasteiger partial charge on any atom is -0.383 e. The summed E-state index contributed by atoms with van der Waals surface area (Å²) in [5.74, 6) is 0.142. The molecule has 0 aliphatic carbocycles. The monoisotopic (exact) mass is 266 g/mol. The van der Waals surface area contributed by atoms with Crippen LogP contribution in [0.1, 0.15) is 18.9 Å². The third-order valence-electron chi connectivity index (χ3n) is 3.66. The molecule has 1 aliphatic heterocycles. The summed E-state index contributed by atoms with van der Waals surface area (Å²) in [5.41, 5.74) is 4.15. The number of carbonyl (C=O) groups excluding carboxylic acids is 1. The number of amides is 1. The minimum absolute atomic E-state index is 0.142. The molecule has 1 N–H and O–H groups in total. The van der Waals surface area contributed by atoms with Gasteiger partial charge >= 0.3 is 0 Å². The van der Waals surface area contributed by atoms with Crippen LogP contribution in [0.25, 0.3) is 0 Å². The molecule has 102 valence electrons. The standard InChI is InChI=1S/C17H18N2O/c1-2-13-7-3-5-9-15(13)19-16-10-6-4-8-14(16)18-12-11-17(19)20/h3-10,18H,2,11-12H2,1H3. The molecule has 0 aromatic heterocycles. The van der Waals surface area contributed by atoms with Gasteiger partial charge in [-0.25, -0.2) is 0 Å². The van der Waals surface area contributed by atoms with Crippen molar-refractivity contribution < 1.29 is 4.79 Å². The molecule has 0 bridgehead atoms. The lowest BCUT2D eigenvalue weighted by molar-refractivity contribution is -0.117. The lowest BCUT2D eigenvalue weighted by Crippen LogP contribution is -2.26. The first-order valence-electron chi connectivity index (χ1n) is 7.05. The van der Waals surface area contributed by atoms with Crippen LogP contribution >= 0.6 is 0 Å². The number of carbonyl (C=O) groups is 1. The summed E-state index contributed by atoms with van der Waals surface area (Å²) >= 11 is 0. The van der Waals surface area contributed by atoms with E-state index in [1.54, 1.807) is 0 Å². The maximum atomic E-state index is 12.5.